The zero-order chi connectivity index (χ0) is 10.0. The van der Waals surface area contributed by atoms with Crippen LogP contribution in [0.5, 0.6) is 0 Å². The Labute approximate surface area is 91.6 Å². The van der Waals surface area contributed by atoms with Gasteiger partial charge in [0.2, 0.25) is 0 Å². The Morgan fingerprint density at radius 3 is 2.54 bits per heavy atom. The maximum absolute atomic E-state index is 10.9. The second kappa shape index (κ2) is 4.32. The van der Waals surface area contributed by atoms with Crippen molar-refractivity contribution < 1.29 is 4.79 Å². The van der Waals surface area contributed by atoms with Crippen molar-refractivity contribution in [3.63, 3.8) is 0 Å². The first-order valence-electron chi connectivity index (χ1n) is 3.66. The fourth-order valence-corrected chi connectivity index (χ4v) is 1.83. The summed E-state index contributed by atoms with van der Waals surface area (Å²) in [7, 11) is 0. The zero-order valence-electron chi connectivity index (χ0n) is 6.85. The summed E-state index contributed by atoms with van der Waals surface area (Å²) in [6.07, 6.45) is 0. The smallest absolute Gasteiger partial charge is 0.253 e. The molecule has 1 aromatic rings. The molecule has 0 aromatic heterocycles. The lowest BCUT2D eigenvalue weighted by atomic mass is 10.1. The summed E-state index contributed by atoms with van der Waals surface area (Å²) in [4.78, 5) is 10.9. The third kappa shape index (κ3) is 2.37. The first-order chi connectivity index (χ1) is 6.04. The predicted octanol–water partition coefficient (Wildman–Crippen LogP) is 4.02. The van der Waals surface area contributed by atoms with Crippen LogP contribution in [0.3, 0.4) is 0 Å². The molecule has 1 unspecified atom stereocenters. The van der Waals surface area contributed by atoms with Gasteiger partial charge in [-0.05, 0) is 30.2 Å². The molecule has 0 bridgehead atoms. The van der Waals surface area contributed by atoms with E-state index >= 15 is 0 Å². The molecule has 0 aliphatic carbocycles. The molecule has 1 rings (SSSR count). The van der Waals surface area contributed by atoms with Gasteiger partial charge >= 0.3 is 0 Å². The van der Waals surface area contributed by atoms with Crippen LogP contribution >= 0.6 is 34.8 Å². The lowest BCUT2D eigenvalue weighted by Gasteiger charge is -2.07. The summed E-state index contributed by atoms with van der Waals surface area (Å²) in [6.45, 7) is 1.78. The average Bonchev–Trinajstić information content (AvgIpc) is 2.03. The van der Waals surface area contributed by atoms with Gasteiger partial charge in [-0.25, -0.2) is 0 Å². The fourth-order valence-electron chi connectivity index (χ4n) is 1.01. The summed E-state index contributed by atoms with van der Waals surface area (Å²) >= 11 is 17.1. The van der Waals surface area contributed by atoms with E-state index in [9.17, 15) is 4.79 Å². The van der Waals surface area contributed by atoms with Crippen molar-refractivity contribution in [3.05, 3.63) is 34.3 Å². The first kappa shape index (κ1) is 10.8. The van der Waals surface area contributed by atoms with E-state index in [1.54, 1.807) is 25.1 Å². The van der Waals surface area contributed by atoms with Crippen LogP contribution in [0, 0.1) is 0 Å². The molecule has 0 saturated carbocycles. The van der Waals surface area contributed by atoms with Crippen LogP contribution < -0.4 is 0 Å². The van der Waals surface area contributed by atoms with Crippen molar-refractivity contribution in [3.8, 4) is 0 Å². The van der Waals surface area contributed by atoms with Crippen LogP contribution in [0.4, 0.5) is 0 Å². The molecule has 1 aromatic carbocycles. The minimum atomic E-state index is -0.566. The number of hydrogen-bond acceptors (Lipinski definition) is 1. The van der Waals surface area contributed by atoms with Gasteiger partial charge in [-0.2, -0.15) is 0 Å². The molecular weight excluding hydrogens is 230 g/mol. The number of carbonyl (C=O) groups excluding carboxylic acids is 1. The van der Waals surface area contributed by atoms with Gasteiger partial charge in [0, 0.05) is 0 Å². The molecule has 13 heavy (non-hydrogen) atoms. The normalized spacial score (nSPS) is 12.6. The summed E-state index contributed by atoms with van der Waals surface area (Å²) in [6, 6.07) is 5.04. The minimum absolute atomic E-state index is 0.233. The lowest BCUT2D eigenvalue weighted by molar-refractivity contribution is 0.108. The Morgan fingerprint density at radius 2 is 2.08 bits per heavy atom. The average molecular weight is 238 g/mol. The van der Waals surface area contributed by atoms with E-state index < -0.39 is 5.24 Å². The predicted molar refractivity (Wildman–Crippen MR) is 55.9 cm³/mol. The molecule has 0 spiro atoms. The van der Waals surface area contributed by atoms with Crippen molar-refractivity contribution in [1.29, 1.82) is 0 Å². The molecule has 1 atom stereocenters. The molecule has 0 N–H and O–H groups in total. The molecule has 0 aliphatic rings. The van der Waals surface area contributed by atoms with Crippen LogP contribution in [0.2, 0.25) is 5.02 Å². The Hall–Kier alpha value is -0.240. The summed E-state index contributed by atoms with van der Waals surface area (Å²) in [5, 5.41) is -0.461. The first-order valence-corrected chi connectivity index (χ1v) is 4.85. The van der Waals surface area contributed by atoms with Crippen LogP contribution in [0.1, 0.15) is 28.2 Å². The highest BCUT2D eigenvalue weighted by Gasteiger charge is 2.13. The van der Waals surface area contributed by atoms with Gasteiger partial charge in [-0.3, -0.25) is 4.79 Å². The summed E-state index contributed by atoms with van der Waals surface area (Å²) in [5.41, 5.74) is 1.02. The van der Waals surface area contributed by atoms with Crippen LogP contribution in [-0.4, -0.2) is 5.24 Å². The number of hydrogen-bond donors (Lipinski definition) is 0. The van der Waals surface area contributed by atoms with E-state index in [1.807, 2.05) is 0 Å². The van der Waals surface area contributed by atoms with Gasteiger partial charge in [0.25, 0.3) is 5.24 Å². The quantitative estimate of drug-likeness (QED) is 0.561. The molecular formula is C9H7Cl3O. The monoisotopic (exact) mass is 236 g/mol. The molecule has 0 heterocycles. The molecule has 0 radical (unpaired) electrons. The fraction of sp³-hybridized carbons (Fsp3) is 0.222. The number of rotatable bonds is 2. The van der Waals surface area contributed by atoms with Crippen molar-refractivity contribution >= 4 is 40.0 Å². The standard InChI is InChI=1S/C9H7Cl3O/c1-5(10)6-3-2-4-7(8(6)11)9(12)13/h2-5H,1H3. The number of benzene rings is 1. The van der Waals surface area contributed by atoms with Gasteiger partial charge in [0.05, 0.1) is 16.0 Å². The topological polar surface area (TPSA) is 17.1 Å². The van der Waals surface area contributed by atoms with Crippen LogP contribution in [0.25, 0.3) is 0 Å². The second-order valence-electron chi connectivity index (χ2n) is 2.60. The van der Waals surface area contributed by atoms with Crippen molar-refractivity contribution in [1.82, 2.24) is 0 Å². The number of carbonyl (C=O) groups is 1. The highest BCUT2D eigenvalue weighted by molar-refractivity contribution is 6.68. The third-order valence-corrected chi connectivity index (χ3v) is 2.53. The molecule has 4 heteroatoms. The Bertz CT molecular complexity index is 334. The number of halogens is 3. The second-order valence-corrected chi connectivity index (χ2v) is 3.97. The van der Waals surface area contributed by atoms with Gasteiger partial charge < -0.3 is 0 Å². The Balaban J connectivity index is 3.26. The summed E-state index contributed by atoms with van der Waals surface area (Å²) < 4.78 is 0. The molecule has 0 aliphatic heterocycles. The molecule has 0 amide bonds. The molecule has 0 saturated heterocycles. The maximum atomic E-state index is 10.9. The Kier molecular flexibility index (Phi) is 3.60. The molecule has 0 fully saturated rings. The van der Waals surface area contributed by atoms with Crippen molar-refractivity contribution in [2.75, 3.05) is 0 Å². The summed E-state index contributed by atoms with van der Waals surface area (Å²) in [5.74, 6) is 0. The minimum Gasteiger partial charge on any atom is -0.276 e. The van der Waals surface area contributed by atoms with Gasteiger partial charge in [0.15, 0.2) is 0 Å². The van der Waals surface area contributed by atoms with E-state index in [0.717, 1.165) is 5.56 Å². The SMILES string of the molecule is CC(Cl)c1cccc(C(=O)Cl)c1Cl. The van der Waals surface area contributed by atoms with Crippen molar-refractivity contribution in [2.45, 2.75) is 12.3 Å². The van der Waals surface area contributed by atoms with Crippen molar-refractivity contribution in [2.24, 2.45) is 0 Å². The highest BCUT2D eigenvalue weighted by atomic mass is 35.5. The largest absolute Gasteiger partial charge is 0.276 e. The van der Waals surface area contributed by atoms with E-state index in [4.69, 9.17) is 34.8 Å². The van der Waals surface area contributed by atoms with Crippen LogP contribution in [-0.2, 0) is 0 Å². The van der Waals surface area contributed by atoms with E-state index in [1.165, 1.54) is 0 Å². The third-order valence-electron chi connectivity index (χ3n) is 1.67. The molecule has 1 nitrogen and oxygen atoms in total. The van der Waals surface area contributed by atoms with Crippen LogP contribution in [0.15, 0.2) is 18.2 Å². The van der Waals surface area contributed by atoms with Gasteiger partial charge in [-0.15, -0.1) is 11.6 Å². The zero-order valence-corrected chi connectivity index (χ0v) is 9.12. The van der Waals surface area contributed by atoms with Gasteiger partial charge in [0.1, 0.15) is 0 Å². The van der Waals surface area contributed by atoms with E-state index in [-0.39, 0.29) is 5.38 Å². The molecule has 70 valence electrons. The van der Waals surface area contributed by atoms with Gasteiger partial charge in [-0.1, -0.05) is 23.7 Å². The van der Waals surface area contributed by atoms with E-state index in [2.05, 4.69) is 0 Å². The Morgan fingerprint density at radius 1 is 1.46 bits per heavy atom. The highest BCUT2D eigenvalue weighted by Crippen LogP contribution is 2.30. The number of alkyl halides is 1. The van der Waals surface area contributed by atoms with E-state index in [0.29, 0.717) is 10.6 Å². The lowest BCUT2D eigenvalue weighted by Crippen LogP contribution is -1.95. The maximum Gasteiger partial charge on any atom is 0.253 e.